The average Bonchev–Trinajstić information content (AvgIpc) is 2.81. The first-order valence-corrected chi connectivity index (χ1v) is 10.6. The van der Waals surface area contributed by atoms with Gasteiger partial charge in [-0.1, -0.05) is 18.5 Å². The fourth-order valence-corrected chi connectivity index (χ4v) is 3.40. The molecule has 1 aromatic heterocycles. The number of carbonyl (C=O) groups excluding carboxylic acids is 2. The molecule has 1 amide bonds. The molecule has 0 unspecified atom stereocenters. The molecule has 0 aliphatic heterocycles. The van der Waals surface area contributed by atoms with Crippen molar-refractivity contribution in [3.8, 4) is 11.5 Å². The molecular formula is C23H24ClN3O6. The van der Waals surface area contributed by atoms with Crippen LogP contribution in [0.5, 0.6) is 11.5 Å². The molecule has 10 heteroatoms. The zero-order valence-electron chi connectivity index (χ0n) is 18.5. The maximum Gasteiger partial charge on any atom is 0.343 e. The van der Waals surface area contributed by atoms with Crippen molar-refractivity contribution in [2.45, 2.75) is 19.9 Å². The number of aromatic nitrogens is 2. The summed E-state index contributed by atoms with van der Waals surface area (Å²) in [5.74, 6) is 0.140. The largest absolute Gasteiger partial charge is 0.493 e. The number of hydrogen-bond acceptors (Lipinski definition) is 7. The van der Waals surface area contributed by atoms with Crippen LogP contribution in [0.1, 0.15) is 29.5 Å². The van der Waals surface area contributed by atoms with Crippen molar-refractivity contribution in [2.24, 2.45) is 0 Å². The minimum absolute atomic E-state index is 0.104. The van der Waals surface area contributed by atoms with Gasteiger partial charge >= 0.3 is 5.97 Å². The highest BCUT2D eigenvalue weighted by Crippen LogP contribution is 2.29. The number of halogens is 1. The predicted molar refractivity (Wildman–Crippen MR) is 123 cm³/mol. The summed E-state index contributed by atoms with van der Waals surface area (Å²) in [6.07, 6.45) is 0.701. The first kappa shape index (κ1) is 24.1. The normalized spacial score (nSPS) is 10.7. The van der Waals surface area contributed by atoms with E-state index in [9.17, 15) is 14.4 Å². The Hall–Kier alpha value is -3.59. The second kappa shape index (κ2) is 10.8. The molecule has 0 radical (unpaired) electrons. The molecule has 1 N–H and O–H groups in total. The molecule has 0 aliphatic carbocycles. The van der Waals surface area contributed by atoms with Gasteiger partial charge in [0.25, 0.3) is 11.5 Å². The number of aromatic amines is 1. The van der Waals surface area contributed by atoms with Crippen LogP contribution in [-0.4, -0.2) is 54.1 Å². The average molecular weight is 474 g/mol. The number of fused-ring (bicyclic) bond motifs is 1. The molecule has 3 aromatic rings. The third kappa shape index (κ3) is 5.81. The molecule has 0 fully saturated rings. The Morgan fingerprint density at radius 2 is 1.91 bits per heavy atom. The molecular weight excluding hydrogens is 450 g/mol. The fraction of sp³-hybridized carbons (Fsp3) is 0.304. The highest BCUT2D eigenvalue weighted by molar-refractivity contribution is 6.31. The van der Waals surface area contributed by atoms with E-state index >= 15 is 0 Å². The summed E-state index contributed by atoms with van der Waals surface area (Å²) in [7, 11) is 2.70. The van der Waals surface area contributed by atoms with Crippen molar-refractivity contribution in [3.05, 3.63) is 63.2 Å². The molecule has 0 saturated carbocycles. The molecule has 0 bridgehead atoms. The molecule has 0 spiro atoms. The maximum absolute atomic E-state index is 13.2. The van der Waals surface area contributed by atoms with Gasteiger partial charge < -0.3 is 24.1 Å². The number of amides is 1. The quantitative estimate of drug-likeness (QED) is 0.475. The number of rotatable bonds is 9. The standard InChI is InChI=1S/C23H24ClN3O6/c1-4-9-27(12-20-25-17-11-15(24)6-7-16(17)22(29)26-20)23(30)14-5-8-18(19(10-14)31-2)33-13-21(28)32-3/h5-8,10-11H,4,9,12-13H2,1-3H3,(H,25,26,29). The third-order valence-corrected chi connectivity index (χ3v) is 5.06. The zero-order chi connectivity index (χ0) is 24.0. The van der Waals surface area contributed by atoms with Gasteiger partial charge in [0.05, 0.1) is 31.7 Å². The van der Waals surface area contributed by atoms with Gasteiger partial charge in [-0.05, 0) is 42.8 Å². The van der Waals surface area contributed by atoms with Crippen molar-refractivity contribution in [1.82, 2.24) is 14.9 Å². The maximum atomic E-state index is 13.2. The first-order chi connectivity index (χ1) is 15.9. The van der Waals surface area contributed by atoms with Crippen LogP contribution in [0.3, 0.4) is 0 Å². The van der Waals surface area contributed by atoms with Gasteiger partial charge in [-0.3, -0.25) is 9.59 Å². The van der Waals surface area contributed by atoms with Gasteiger partial charge in [0, 0.05) is 17.1 Å². The number of H-pyrrole nitrogens is 1. The lowest BCUT2D eigenvalue weighted by molar-refractivity contribution is -0.142. The molecule has 174 valence electrons. The van der Waals surface area contributed by atoms with Gasteiger partial charge in [-0.2, -0.15) is 0 Å². The Bertz CT molecular complexity index is 1230. The van der Waals surface area contributed by atoms with Crippen LogP contribution < -0.4 is 15.0 Å². The van der Waals surface area contributed by atoms with E-state index in [2.05, 4.69) is 14.7 Å². The van der Waals surface area contributed by atoms with E-state index < -0.39 is 5.97 Å². The highest BCUT2D eigenvalue weighted by atomic mass is 35.5. The van der Waals surface area contributed by atoms with E-state index in [1.54, 1.807) is 35.2 Å². The third-order valence-electron chi connectivity index (χ3n) is 4.82. The molecule has 9 nitrogen and oxygen atoms in total. The van der Waals surface area contributed by atoms with Crippen molar-refractivity contribution in [2.75, 3.05) is 27.4 Å². The Morgan fingerprint density at radius 3 is 2.61 bits per heavy atom. The topological polar surface area (TPSA) is 111 Å². The second-order valence-electron chi connectivity index (χ2n) is 7.13. The highest BCUT2D eigenvalue weighted by Gasteiger charge is 2.19. The molecule has 0 aliphatic rings. The van der Waals surface area contributed by atoms with Crippen LogP contribution in [0.4, 0.5) is 0 Å². The number of nitrogens with zero attached hydrogens (tertiary/aromatic N) is 2. The zero-order valence-corrected chi connectivity index (χ0v) is 19.3. The van der Waals surface area contributed by atoms with Gasteiger partial charge in [-0.15, -0.1) is 0 Å². The number of benzene rings is 2. The predicted octanol–water partition coefficient (Wildman–Crippen LogP) is 3.19. The van der Waals surface area contributed by atoms with Crippen LogP contribution >= 0.6 is 11.6 Å². The SMILES string of the molecule is CCCN(Cc1nc2cc(Cl)ccc2c(=O)[nH]1)C(=O)c1ccc(OCC(=O)OC)c(OC)c1. The molecule has 1 heterocycles. The summed E-state index contributed by atoms with van der Waals surface area (Å²) in [6, 6.07) is 9.51. The minimum atomic E-state index is -0.538. The Morgan fingerprint density at radius 1 is 1.12 bits per heavy atom. The summed E-state index contributed by atoms with van der Waals surface area (Å²) in [4.78, 5) is 45.8. The van der Waals surface area contributed by atoms with Crippen molar-refractivity contribution < 1.29 is 23.8 Å². The lowest BCUT2D eigenvalue weighted by Gasteiger charge is -2.22. The minimum Gasteiger partial charge on any atom is -0.493 e. The van der Waals surface area contributed by atoms with E-state index in [1.807, 2.05) is 6.92 Å². The number of methoxy groups -OCH3 is 2. The van der Waals surface area contributed by atoms with Crippen molar-refractivity contribution >= 4 is 34.4 Å². The lowest BCUT2D eigenvalue weighted by atomic mass is 10.1. The van der Waals surface area contributed by atoms with Gasteiger partial charge in [0.2, 0.25) is 0 Å². The number of nitrogens with one attached hydrogen (secondary N) is 1. The lowest BCUT2D eigenvalue weighted by Crippen LogP contribution is -2.32. The monoisotopic (exact) mass is 473 g/mol. The summed E-state index contributed by atoms with van der Waals surface area (Å²) in [6.45, 7) is 2.21. The van der Waals surface area contributed by atoms with Gasteiger partial charge in [-0.25, -0.2) is 9.78 Å². The Kier molecular flexibility index (Phi) is 7.89. The fourth-order valence-electron chi connectivity index (χ4n) is 3.24. The number of esters is 1. The molecule has 33 heavy (non-hydrogen) atoms. The molecule has 0 saturated heterocycles. The van der Waals surface area contributed by atoms with E-state index in [0.717, 1.165) is 0 Å². The summed E-state index contributed by atoms with van der Waals surface area (Å²) >= 11 is 6.03. The van der Waals surface area contributed by atoms with E-state index in [1.165, 1.54) is 20.3 Å². The van der Waals surface area contributed by atoms with Gasteiger partial charge in [0.1, 0.15) is 5.82 Å². The summed E-state index contributed by atoms with van der Waals surface area (Å²) in [5.41, 5.74) is 0.514. The summed E-state index contributed by atoms with van der Waals surface area (Å²) < 4.78 is 15.3. The first-order valence-electron chi connectivity index (χ1n) is 10.2. The van der Waals surface area contributed by atoms with Crippen LogP contribution in [-0.2, 0) is 16.1 Å². The van der Waals surface area contributed by atoms with Crippen molar-refractivity contribution in [1.29, 1.82) is 0 Å². The number of carbonyl (C=O) groups is 2. The van der Waals surface area contributed by atoms with E-state index in [4.69, 9.17) is 21.1 Å². The van der Waals surface area contributed by atoms with Crippen molar-refractivity contribution in [3.63, 3.8) is 0 Å². The molecule has 0 atom stereocenters. The summed E-state index contributed by atoms with van der Waals surface area (Å²) in [5, 5.41) is 0.887. The van der Waals surface area contributed by atoms with E-state index in [-0.39, 0.29) is 24.6 Å². The van der Waals surface area contributed by atoms with Crippen LogP contribution in [0, 0.1) is 0 Å². The van der Waals surface area contributed by atoms with E-state index in [0.29, 0.717) is 51.8 Å². The van der Waals surface area contributed by atoms with Crippen LogP contribution in [0.2, 0.25) is 5.02 Å². The van der Waals surface area contributed by atoms with Crippen LogP contribution in [0.15, 0.2) is 41.2 Å². The smallest absolute Gasteiger partial charge is 0.343 e. The number of hydrogen-bond donors (Lipinski definition) is 1. The molecule has 3 rings (SSSR count). The van der Waals surface area contributed by atoms with Gasteiger partial charge in [0.15, 0.2) is 18.1 Å². The second-order valence-corrected chi connectivity index (χ2v) is 7.57. The number of ether oxygens (including phenoxy) is 3. The Balaban J connectivity index is 1.86. The van der Waals surface area contributed by atoms with Crippen LogP contribution in [0.25, 0.3) is 10.9 Å². The molecule has 2 aromatic carbocycles. The Labute approximate surface area is 195 Å².